The zero-order chi connectivity index (χ0) is 12.8. The monoisotopic (exact) mass is 254 g/mol. The van der Waals surface area contributed by atoms with Gasteiger partial charge in [-0.1, -0.05) is 6.92 Å². The lowest BCUT2D eigenvalue weighted by Gasteiger charge is -2.11. The molecule has 1 rings (SSSR count). The summed E-state index contributed by atoms with van der Waals surface area (Å²) >= 11 is 0. The van der Waals surface area contributed by atoms with Gasteiger partial charge in [0.15, 0.2) is 0 Å². The highest BCUT2D eigenvalue weighted by atomic mass is 32.2. The fourth-order valence-corrected chi connectivity index (χ4v) is 1.79. The summed E-state index contributed by atoms with van der Waals surface area (Å²) in [6.45, 7) is 2.52. The lowest BCUT2D eigenvalue weighted by Crippen LogP contribution is -2.15. The number of anilines is 1. The van der Waals surface area contributed by atoms with Gasteiger partial charge in [-0.25, -0.2) is 4.39 Å². The largest absolute Gasteiger partial charge is 0.384 e. The van der Waals surface area contributed by atoms with E-state index < -0.39 is 16.6 Å². The Morgan fingerprint density at radius 1 is 1.59 bits per heavy atom. The summed E-state index contributed by atoms with van der Waals surface area (Å²) in [6.07, 6.45) is 2.41. The van der Waals surface area contributed by atoms with Gasteiger partial charge in [-0.15, -0.1) is 0 Å². The second-order valence-corrected chi connectivity index (χ2v) is 5.63. The first kappa shape index (κ1) is 13.7. The van der Waals surface area contributed by atoms with Crippen LogP contribution >= 0.6 is 0 Å². The van der Waals surface area contributed by atoms with Crippen LogP contribution in [0.15, 0.2) is 18.2 Å². The van der Waals surface area contributed by atoms with Crippen LogP contribution in [-0.4, -0.2) is 22.3 Å². The fourth-order valence-electron chi connectivity index (χ4n) is 1.34. The van der Waals surface area contributed by atoms with Crippen LogP contribution in [0.25, 0.3) is 0 Å². The van der Waals surface area contributed by atoms with E-state index in [-0.39, 0.29) is 10.8 Å². The van der Waals surface area contributed by atoms with Crippen molar-refractivity contribution in [2.45, 2.75) is 18.6 Å². The highest BCUT2D eigenvalue weighted by molar-refractivity contribution is 7.84. The van der Waals surface area contributed by atoms with E-state index in [1.54, 1.807) is 12.3 Å². The maximum Gasteiger partial charge on any atom is 0.124 e. The third-order valence-electron chi connectivity index (χ3n) is 2.54. The number of nitrogens with one attached hydrogen (secondary N) is 1. The van der Waals surface area contributed by atoms with Crippen molar-refractivity contribution in [3.63, 3.8) is 0 Å². The van der Waals surface area contributed by atoms with E-state index in [2.05, 4.69) is 5.32 Å². The van der Waals surface area contributed by atoms with Gasteiger partial charge >= 0.3 is 0 Å². The molecule has 1 aromatic rings. The summed E-state index contributed by atoms with van der Waals surface area (Å²) in [7, 11) is -0.844. The standard InChI is InChI=1S/C12H15FN2OS/c1-9(17(2)16)5-6-15-12-4-3-11(13)7-10(12)8-14/h3-4,7,9,15H,5-6H2,1-2H3. The summed E-state index contributed by atoms with van der Waals surface area (Å²) in [4.78, 5) is 0. The molecule has 0 bridgehead atoms. The molecular weight excluding hydrogens is 239 g/mol. The number of nitrogens with zero attached hydrogens (tertiary/aromatic N) is 1. The normalized spacial score (nSPS) is 13.8. The lowest BCUT2D eigenvalue weighted by atomic mass is 10.2. The van der Waals surface area contributed by atoms with Crippen LogP contribution in [0, 0.1) is 17.1 Å². The van der Waals surface area contributed by atoms with Crippen molar-refractivity contribution < 1.29 is 8.60 Å². The van der Waals surface area contributed by atoms with E-state index >= 15 is 0 Å². The first-order valence-corrected chi connectivity index (χ1v) is 6.92. The molecule has 5 heteroatoms. The molecule has 0 amide bonds. The third-order valence-corrected chi connectivity index (χ3v) is 3.90. The van der Waals surface area contributed by atoms with Crippen LogP contribution in [0.5, 0.6) is 0 Å². The fraction of sp³-hybridized carbons (Fsp3) is 0.417. The van der Waals surface area contributed by atoms with E-state index in [1.807, 2.05) is 13.0 Å². The number of hydrogen-bond donors (Lipinski definition) is 1. The summed E-state index contributed by atoms with van der Waals surface area (Å²) in [5.74, 6) is -0.421. The molecule has 2 atom stereocenters. The molecule has 0 heterocycles. The quantitative estimate of drug-likeness (QED) is 0.877. The van der Waals surface area contributed by atoms with Crippen LogP contribution in [0.3, 0.4) is 0 Å². The van der Waals surface area contributed by atoms with E-state index in [0.717, 1.165) is 6.42 Å². The first-order valence-electron chi connectivity index (χ1n) is 5.30. The Hall–Kier alpha value is -1.41. The maximum absolute atomic E-state index is 12.9. The Balaban J connectivity index is 2.58. The van der Waals surface area contributed by atoms with Gasteiger partial charge < -0.3 is 5.32 Å². The van der Waals surface area contributed by atoms with Crippen molar-refractivity contribution >= 4 is 16.5 Å². The first-order chi connectivity index (χ1) is 8.04. The molecular formula is C12H15FN2OS. The van der Waals surface area contributed by atoms with Crippen LogP contribution in [0.4, 0.5) is 10.1 Å². The minimum Gasteiger partial charge on any atom is -0.384 e. The summed E-state index contributed by atoms with van der Waals surface area (Å²) in [5.41, 5.74) is 0.901. The molecule has 1 N–H and O–H groups in total. The molecule has 92 valence electrons. The van der Waals surface area contributed by atoms with Crippen molar-refractivity contribution in [2.75, 3.05) is 18.1 Å². The van der Waals surface area contributed by atoms with Gasteiger partial charge in [-0.2, -0.15) is 5.26 Å². The van der Waals surface area contributed by atoms with Gasteiger partial charge in [0.25, 0.3) is 0 Å². The van der Waals surface area contributed by atoms with Crippen LogP contribution in [0.1, 0.15) is 18.9 Å². The smallest absolute Gasteiger partial charge is 0.124 e. The molecule has 0 fully saturated rings. The third kappa shape index (κ3) is 4.16. The minimum atomic E-state index is -0.844. The van der Waals surface area contributed by atoms with Gasteiger partial charge in [0, 0.05) is 28.9 Å². The van der Waals surface area contributed by atoms with Gasteiger partial charge in [-0.05, 0) is 24.6 Å². The predicted molar refractivity (Wildman–Crippen MR) is 67.8 cm³/mol. The van der Waals surface area contributed by atoms with Crippen molar-refractivity contribution in [2.24, 2.45) is 0 Å². The number of nitriles is 1. The van der Waals surface area contributed by atoms with Crippen LogP contribution in [0.2, 0.25) is 0 Å². The summed E-state index contributed by atoms with van der Waals surface area (Å²) in [6, 6.07) is 5.99. The van der Waals surface area contributed by atoms with Gasteiger partial charge in [0.2, 0.25) is 0 Å². The second kappa shape index (κ2) is 6.36. The topological polar surface area (TPSA) is 52.9 Å². The molecule has 3 nitrogen and oxygen atoms in total. The number of rotatable bonds is 5. The van der Waals surface area contributed by atoms with Crippen molar-refractivity contribution in [3.8, 4) is 6.07 Å². The molecule has 0 aromatic heterocycles. The van der Waals surface area contributed by atoms with E-state index in [0.29, 0.717) is 12.2 Å². The minimum absolute atomic E-state index is 0.105. The molecule has 0 aliphatic carbocycles. The molecule has 2 unspecified atom stereocenters. The Kier molecular flexibility index (Phi) is 5.11. The van der Waals surface area contributed by atoms with Crippen molar-refractivity contribution in [1.29, 1.82) is 5.26 Å². The lowest BCUT2D eigenvalue weighted by molar-refractivity contribution is 0.627. The highest BCUT2D eigenvalue weighted by Crippen LogP contribution is 2.16. The Labute approximate surface area is 103 Å². The zero-order valence-corrected chi connectivity index (χ0v) is 10.7. The van der Waals surface area contributed by atoms with E-state index in [9.17, 15) is 8.60 Å². The maximum atomic E-state index is 12.9. The van der Waals surface area contributed by atoms with Crippen LogP contribution < -0.4 is 5.32 Å². The molecule has 0 radical (unpaired) electrons. The van der Waals surface area contributed by atoms with Gasteiger partial charge in [0.05, 0.1) is 11.3 Å². The Bertz CT molecular complexity index is 456. The molecule has 1 aromatic carbocycles. The molecule has 0 aliphatic rings. The SMILES string of the molecule is CC(CCNc1ccc(F)cc1C#N)S(C)=O. The molecule has 0 saturated carbocycles. The summed E-state index contributed by atoms with van der Waals surface area (Å²) < 4.78 is 24.0. The molecule has 17 heavy (non-hydrogen) atoms. The van der Waals surface area contributed by atoms with Crippen molar-refractivity contribution in [3.05, 3.63) is 29.6 Å². The van der Waals surface area contributed by atoms with E-state index in [4.69, 9.17) is 5.26 Å². The second-order valence-electron chi connectivity index (χ2n) is 3.83. The number of benzene rings is 1. The van der Waals surface area contributed by atoms with Gasteiger partial charge in [-0.3, -0.25) is 4.21 Å². The van der Waals surface area contributed by atoms with Gasteiger partial charge in [0.1, 0.15) is 11.9 Å². The average molecular weight is 254 g/mol. The number of hydrogen-bond acceptors (Lipinski definition) is 3. The van der Waals surface area contributed by atoms with E-state index in [1.165, 1.54) is 12.1 Å². The number of halogens is 1. The zero-order valence-electron chi connectivity index (χ0n) is 9.87. The molecule has 0 aliphatic heterocycles. The summed E-state index contributed by atoms with van der Waals surface area (Å²) in [5, 5.41) is 12.0. The average Bonchev–Trinajstić information content (AvgIpc) is 2.30. The van der Waals surface area contributed by atoms with Crippen LogP contribution in [-0.2, 0) is 10.8 Å². The highest BCUT2D eigenvalue weighted by Gasteiger charge is 2.07. The molecule has 0 saturated heterocycles. The van der Waals surface area contributed by atoms with Crippen molar-refractivity contribution in [1.82, 2.24) is 0 Å². The predicted octanol–water partition coefficient (Wildman–Crippen LogP) is 2.27. The Morgan fingerprint density at radius 3 is 2.88 bits per heavy atom. The Morgan fingerprint density at radius 2 is 2.29 bits per heavy atom. The molecule has 0 spiro atoms.